The van der Waals surface area contributed by atoms with E-state index in [9.17, 15) is 19.7 Å². The molecule has 0 atom stereocenters. The van der Waals surface area contributed by atoms with Crippen molar-refractivity contribution in [3.8, 4) is 0 Å². The lowest BCUT2D eigenvalue weighted by Crippen LogP contribution is -2.13. The van der Waals surface area contributed by atoms with E-state index in [1.54, 1.807) is 36.4 Å². The molecule has 136 valence electrons. The van der Waals surface area contributed by atoms with Crippen molar-refractivity contribution in [2.24, 2.45) is 0 Å². The van der Waals surface area contributed by atoms with Crippen molar-refractivity contribution in [2.45, 2.75) is 32.6 Å². The summed E-state index contributed by atoms with van der Waals surface area (Å²) in [6.45, 7) is 3.71. The second kappa shape index (κ2) is 8.24. The molecule has 26 heavy (non-hydrogen) atoms. The van der Waals surface area contributed by atoms with Crippen LogP contribution in [0.4, 0.5) is 11.4 Å². The van der Waals surface area contributed by atoms with Gasteiger partial charge in [0.1, 0.15) is 0 Å². The van der Waals surface area contributed by atoms with Crippen LogP contribution in [0, 0.1) is 10.1 Å². The third-order valence-corrected chi connectivity index (χ3v) is 3.95. The smallest absolute Gasteiger partial charge is 0.303 e. The summed E-state index contributed by atoms with van der Waals surface area (Å²) in [5, 5.41) is 22.6. The van der Waals surface area contributed by atoms with Crippen LogP contribution in [0.2, 0.25) is 0 Å². The first-order valence-corrected chi connectivity index (χ1v) is 8.18. The first-order chi connectivity index (χ1) is 12.3. The van der Waals surface area contributed by atoms with Crippen molar-refractivity contribution in [1.29, 1.82) is 0 Å². The Morgan fingerprint density at radius 3 is 2.35 bits per heavy atom. The fraction of sp³-hybridized carbons (Fsp3) is 0.263. The molecule has 0 aliphatic heterocycles. The van der Waals surface area contributed by atoms with Gasteiger partial charge in [0.15, 0.2) is 0 Å². The number of nitrogens with one attached hydrogen (secondary N) is 1. The van der Waals surface area contributed by atoms with Gasteiger partial charge in [-0.25, -0.2) is 0 Å². The van der Waals surface area contributed by atoms with E-state index in [0.29, 0.717) is 17.7 Å². The van der Waals surface area contributed by atoms with Crippen molar-refractivity contribution >= 4 is 23.3 Å². The molecule has 0 heterocycles. The Morgan fingerprint density at radius 1 is 1.15 bits per heavy atom. The van der Waals surface area contributed by atoms with Crippen molar-refractivity contribution in [1.82, 2.24) is 0 Å². The molecule has 2 N–H and O–H groups in total. The standard InChI is InChI=1S/C19H20N2O5/c1-12(2)16-9-6-14(11-17(16)21(25)26)19(24)20-15-7-3-13(4-8-15)5-10-18(22)23/h3-4,6-9,11-12H,5,10H2,1-2H3,(H,20,24)(H,22,23). The molecule has 0 aliphatic rings. The van der Waals surface area contributed by atoms with Crippen molar-refractivity contribution in [3.63, 3.8) is 0 Å². The highest BCUT2D eigenvalue weighted by Gasteiger charge is 2.19. The van der Waals surface area contributed by atoms with E-state index in [1.165, 1.54) is 6.07 Å². The van der Waals surface area contributed by atoms with Crippen molar-refractivity contribution < 1.29 is 19.6 Å². The number of carboxylic acid groups (broad SMARTS) is 1. The number of carbonyl (C=O) groups is 2. The molecule has 0 saturated carbocycles. The van der Waals surface area contributed by atoms with Crippen LogP contribution in [-0.2, 0) is 11.2 Å². The topological polar surface area (TPSA) is 110 Å². The lowest BCUT2D eigenvalue weighted by molar-refractivity contribution is -0.385. The number of carboxylic acids is 1. The lowest BCUT2D eigenvalue weighted by Gasteiger charge is -2.09. The predicted molar refractivity (Wildman–Crippen MR) is 97.5 cm³/mol. The maximum atomic E-state index is 12.4. The quantitative estimate of drug-likeness (QED) is 0.576. The maximum absolute atomic E-state index is 12.4. The number of carbonyl (C=O) groups excluding carboxylic acids is 1. The number of benzene rings is 2. The SMILES string of the molecule is CC(C)c1ccc(C(=O)Nc2ccc(CCC(=O)O)cc2)cc1[N+](=O)[O-]. The summed E-state index contributed by atoms with van der Waals surface area (Å²) in [7, 11) is 0. The van der Waals surface area contributed by atoms with Crippen molar-refractivity contribution in [3.05, 3.63) is 69.3 Å². The van der Waals surface area contributed by atoms with Gasteiger partial charge in [0.2, 0.25) is 0 Å². The van der Waals surface area contributed by atoms with Gasteiger partial charge in [-0.3, -0.25) is 19.7 Å². The highest BCUT2D eigenvalue weighted by atomic mass is 16.6. The molecule has 0 fully saturated rings. The largest absolute Gasteiger partial charge is 0.481 e. The highest BCUT2D eigenvalue weighted by Crippen LogP contribution is 2.27. The number of anilines is 1. The fourth-order valence-electron chi connectivity index (χ4n) is 2.54. The predicted octanol–water partition coefficient (Wildman–Crippen LogP) is 3.99. The molecular weight excluding hydrogens is 336 g/mol. The Kier molecular flexibility index (Phi) is 6.06. The van der Waals surface area contributed by atoms with E-state index in [4.69, 9.17) is 5.11 Å². The molecule has 1 amide bonds. The number of hydrogen-bond donors (Lipinski definition) is 2. The van der Waals surface area contributed by atoms with E-state index in [0.717, 1.165) is 5.56 Å². The van der Waals surface area contributed by atoms with Crippen LogP contribution in [0.1, 0.15) is 47.7 Å². The van der Waals surface area contributed by atoms with Crippen LogP contribution in [0.15, 0.2) is 42.5 Å². The van der Waals surface area contributed by atoms with Gasteiger partial charge in [-0.05, 0) is 36.1 Å². The van der Waals surface area contributed by atoms with Gasteiger partial charge in [-0.1, -0.05) is 32.0 Å². The third kappa shape index (κ3) is 4.89. The Bertz CT molecular complexity index is 828. The average Bonchev–Trinajstić information content (AvgIpc) is 2.60. The lowest BCUT2D eigenvalue weighted by atomic mass is 9.99. The van der Waals surface area contributed by atoms with E-state index < -0.39 is 16.8 Å². The molecule has 2 aromatic carbocycles. The Balaban J connectivity index is 2.13. The summed E-state index contributed by atoms with van der Waals surface area (Å²) in [6.07, 6.45) is 0.448. The van der Waals surface area contributed by atoms with Gasteiger partial charge in [-0.2, -0.15) is 0 Å². The molecule has 0 spiro atoms. The van der Waals surface area contributed by atoms with Crippen LogP contribution >= 0.6 is 0 Å². The molecule has 2 aromatic rings. The first kappa shape index (κ1) is 19.1. The number of rotatable bonds is 7. The number of nitro groups is 1. The zero-order valence-corrected chi connectivity index (χ0v) is 14.6. The molecular formula is C19H20N2O5. The zero-order valence-electron chi connectivity index (χ0n) is 14.6. The number of amides is 1. The van der Waals surface area contributed by atoms with Crippen LogP contribution < -0.4 is 5.32 Å². The summed E-state index contributed by atoms with van der Waals surface area (Å²) >= 11 is 0. The number of aryl methyl sites for hydroxylation is 1. The molecule has 0 saturated heterocycles. The molecule has 0 radical (unpaired) electrons. The monoisotopic (exact) mass is 356 g/mol. The number of hydrogen-bond acceptors (Lipinski definition) is 4. The Labute approximate surface area is 150 Å². The Morgan fingerprint density at radius 2 is 1.81 bits per heavy atom. The third-order valence-electron chi connectivity index (χ3n) is 3.95. The van der Waals surface area contributed by atoms with E-state index in [2.05, 4.69) is 5.32 Å². The normalized spacial score (nSPS) is 10.6. The minimum absolute atomic E-state index is 0.0224. The van der Waals surface area contributed by atoms with Crippen LogP contribution in [-0.4, -0.2) is 21.9 Å². The summed E-state index contributed by atoms with van der Waals surface area (Å²) < 4.78 is 0. The van der Waals surface area contributed by atoms with Gasteiger partial charge >= 0.3 is 5.97 Å². The van der Waals surface area contributed by atoms with Crippen LogP contribution in [0.25, 0.3) is 0 Å². The fourth-order valence-corrected chi connectivity index (χ4v) is 2.54. The zero-order chi connectivity index (χ0) is 19.3. The maximum Gasteiger partial charge on any atom is 0.303 e. The van der Waals surface area contributed by atoms with Crippen molar-refractivity contribution in [2.75, 3.05) is 5.32 Å². The van der Waals surface area contributed by atoms with Gasteiger partial charge in [0.05, 0.1) is 4.92 Å². The second-order valence-electron chi connectivity index (χ2n) is 6.23. The van der Waals surface area contributed by atoms with Gasteiger partial charge in [0.25, 0.3) is 11.6 Å². The Hall–Kier alpha value is -3.22. The molecule has 2 rings (SSSR count). The molecule has 0 bridgehead atoms. The van der Waals surface area contributed by atoms with Crippen LogP contribution in [0.3, 0.4) is 0 Å². The highest BCUT2D eigenvalue weighted by molar-refractivity contribution is 6.04. The summed E-state index contributed by atoms with van der Waals surface area (Å²) in [5.74, 6) is -1.33. The number of aliphatic carboxylic acids is 1. The van der Waals surface area contributed by atoms with Gasteiger partial charge in [0, 0.05) is 29.3 Å². The minimum atomic E-state index is -0.867. The molecule has 0 unspecified atom stereocenters. The molecule has 0 aliphatic carbocycles. The second-order valence-corrected chi connectivity index (χ2v) is 6.23. The summed E-state index contributed by atoms with van der Waals surface area (Å²) in [5.41, 5.74) is 2.09. The first-order valence-electron chi connectivity index (χ1n) is 8.18. The summed E-state index contributed by atoms with van der Waals surface area (Å²) in [4.78, 5) is 33.7. The molecule has 7 nitrogen and oxygen atoms in total. The number of nitro benzene ring substituents is 1. The number of nitrogens with zero attached hydrogens (tertiary/aromatic N) is 1. The summed E-state index contributed by atoms with van der Waals surface area (Å²) in [6, 6.07) is 11.3. The van der Waals surface area contributed by atoms with Gasteiger partial charge in [-0.15, -0.1) is 0 Å². The molecule has 7 heteroatoms. The minimum Gasteiger partial charge on any atom is -0.481 e. The average molecular weight is 356 g/mol. The van der Waals surface area contributed by atoms with Gasteiger partial charge < -0.3 is 10.4 Å². The van der Waals surface area contributed by atoms with E-state index in [-0.39, 0.29) is 23.6 Å². The van der Waals surface area contributed by atoms with E-state index in [1.807, 2.05) is 13.8 Å². The van der Waals surface area contributed by atoms with Crippen LogP contribution in [0.5, 0.6) is 0 Å². The van der Waals surface area contributed by atoms with E-state index >= 15 is 0 Å². The molecule has 0 aromatic heterocycles.